The van der Waals surface area contributed by atoms with Crippen molar-refractivity contribution in [1.29, 1.82) is 0 Å². The molecule has 1 aliphatic carbocycles. The maximum absolute atomic E-state index is 12.6. The molecule has 4 rings (SSSR count). The number of amides is 1. The second-order valence-electron chi connectivity index (χ2n) is 8.60. The number of rotatable bonds is 7. The summed E-state index contributed by atoms with van der Waals surface area (Å²) >= 11 is 0. The van der Waals surface area contributed by atoms with Gasteiger partial charge in [0.1, 0.15) is 0 Å². The summed E-state index contributed by atoms with van der Waals surface area (Å²) in [4.78, 5) is 17.1. The van der Waals surface area contributed by atoms with Crippen molar-refractivity contribution in [3.05, 3.63) is 5.82 Å². The van der Waals surface area contributed by atoms with Gasteiger partial charge < -0.3 is 9.64 Å². The summed E-state index contributed by atoms with van der Waals surface area (Å²) in [6.07, 6.45) is 9.50. The summed E-state index contributed by atoms with van der Waals surface area (Å²) in [5.41, 5.74) is 0. The molecular formula is C20H34N6O2. The summed E-state index contributed by atoms with van der Waals surface area (Å²) < 4.78 is 7.25. The van der Waals surface area contributed by atoms with Crippen LogP contribution in [0.15, 0.2) is 0 Å². The van der Waals surface area contributed by atoms with Crippen molar-refractivity contribution in [1.82, 2.24) is 30.0 Å². The van der Waals surface area contributed by atoms with E-state index in [2.05, 4.69) is 25.3 Å². The molecule has 1 atom stereocenters. The van der Waals surface area contributed by atoms with E-state index in [0.717, 1.165) is 70.0 Å². The van der Waals surface area contributed by atoms with Gasteiger partial charge in [-0.3, -0.25) is 9.69 Å². The molecule has 0 N–H and O–H groups in total. The minimum atomic E-state index is 0.307. The molecule has 1 aromatic heterocycles. The highest BCUT2D eigenvalue weighted by atomic mass is 16.5. The maximum Gasteiger partial charge on any atom is 0.222 e. The van der Waals surface area contributed by atoms with Gasteiger partial charge >= 0.3 is 0 Å². The number of morpholine rings is 1. The van der Waals surface area contributed by atoms with E-state index in [-0.39, 0.29) is 0 Å². The van der Waals surface area contributed by atoms with E-state index in [4.69, 9.17) is 4.74 Å². The lowest BCUT2D eigenvalue weighted by atomic mass is 9.80. The lowest BCUT2D eigenvalue weighted by molar-refractivity contribution is -0.130. The first-order valence-electron chi connectivity index (χ1n) is 11.1. The van der Waals surface area contributed by atoms with Gasteiger partial charge in [0, 0.05) is 39.1 Å². The van der Waals surface area contributed by atoms with E-state index in [1.165, 1.54) is 38.5 Å². The van der Waals surface area contributed by atoms with Crippen LogP contribution in [-0.4, -0.2) is 75.3 Å². The first kappa shape index (κ1) is 19.8. The first-order valence-corrected chi connectivity index (χ1v) is 11.1. The number of aromatic nitrogens is 4. The molecule has 0 radical (unpaired) electrons. The number of carbonyl (C=O) groups is 1. The van der Waals surface area contributed by atoms with Crippen molar-refractivity contribution in [2.24, 2.45) is 11.8 Å². The van der Waals surface area contributed by atoms with Gasteiger partial charge in [-0.1, -0.05) is 32.1 Å². The van der Waals surface area contributed by atoms with Crippen molar-refractivity contribution in [2.45, 2.75) is 64.5 Å². The predicted molar refractivity (Wildman–Crippen MR) is 104 cm³/mol. The van der Waals surface area contributed by atoms with Gasteiger partial charge in [-0.05, 0) is 35.1 Å². The van der Waals surface area contributed by atoms with Crippen molar-refractivity contribution in [2.75, 3.05) is 39.4 Å². The molecule has 1 amide bonds. The maximum atomic E-state index is 12.6. The highest BCUT2D eigenvalue weighted by Gasteiger charge is 2.32. The standard InChI is InChI=1S/C20H34N6O2/c27-20(25-10-8-18(15-25)17-5-2-1-3-6-17)7-4-9-26-19(21-22-23-26)16-24-11-13-28-14-12-24/h17-18H,1-16H2. The van der Waals surface area contributed by atoms with Crippen LogP contribution in [0.1, 0.15) is 57.2 Å². The van der Waals surface area contributed by atoms with Crippen molar-refractivity contribution in [3.63, 3.8) is 0 Å². The molecule has 3 aliphatic rings. The molecule has 2 saturated heterocycles. The molecule has 3 heterocycles. The third kappa shape index (κ3) is 5.08. The minimum absolute atomic E-state index is 0.307. The first-order chi connectivity index (χ1) is 13.8. The number of hydrogen-bond donors (Lipinski definition) is 0. The SMILES string of the molecule is O=C(CCCn1nnnc1CN1CCOCC1)N1CCC(C2CCCCC2)C1. The molecule has 1 unspecified atom stereocenters. The molecular weight excluding hydrogens is 356 g/mol. The number of likely N-dealkylation sites (tertiary alicyclic amines) is 1. The lowest BCUT2D eigenvalue weighted by Gasteiger charge is -2.27. The predicted octanol–water partition coefficient (Wildman–Crippen LogP) is 1.71. The Kier molecular flexibility index (Phi) is 6.90. The number of tetrazole rings is 1. The molecule has 1 saturated carbocycles. The van der Waals surface area contributed by atoms with Crippen molar-refractivity contribution < 1.29 is 9.53 Å². The lowest BCUT2D eigenvalue weighted by Crippen LogP contribution is -2.36. The number of ether oxygens (including phenoxy) is 1. The zero-order chi connectivity index (χ0) is 19.2. The topological polar surface area (TPSA) is 76.4 Å². The molecule has 0 spiro atoms. The molecule has 3 fully saturated rings. The Bertz CT molecular complexity index is 624. The van der Waals surface area contributed by atoms with Gasteiger partial charge in [-0.15, -0.1) is 5.10 Å². The van der Waals surface area contributed by atoms with E-state index in [9.17, 15) is 4.79 Å². The molecule has 8 nitrogen and oxygen atoms in total. The number of nitrogens with zero attached hydrogens (tertiary/aromatic N) is 6. The van der Waals surface area contributed by atoms with Crippen LogP contribution >= 0.6 is 0 Å². The van der Waals surface area contributed by atoms with Crippen LogP contribution in [0.5, 0.6) is 0 Å². The summed E-state index contributed by atoms with van der Waals surface area (Å²) in [5.74, 6) is 2.79. The van der Waals surface area contributed by atoms with Crippen LogP contribution in [0.2, 0.25) is 0 Å². The third-order valence-electron chi connectivity index (χ3n) is 6.73. The number of hydrogen-bond acceptors (Lipinski definition) is 6. The summed E-state index contributed by atoms with van der Waals surface area (Å²) in [5, 5.41) is 12.1. The Balaban J connectivity index is 1.19. The second kappa shape index (κ2) is 9.78. The van der Waals surface area contributed by atoms with Crippen LogP contribution in [-0.2, 0) is 22.6 Å². The molecule has 156 valence electrons. The number of aryl methyl sites for hydroxylation is 1. The average Bonchev–Trinajstić information content (AvgIpc) is 3.40. The van der Waals surface area contributed by atoms with Gasteiger partial charge in [0.15, 0.2) is 5.82 Å². The van der Waals surface area contributed by atoms with Crippen molar-refractivity contribution >= 4 is 5.91 Å². The Morgan fingerprint density at radius 2 is 1.86 bits per heavy atom. The van der Waals surface area contributed by atoms with E-state index in [1.807, 2.05) is 4.68 Å². The monoisotopic (exact) mass is 390 g/mol. The normalized spacial score (nSPS) is 24.7. The molecule has 0 bridgehead atoms. The largest absolute Gasteiger partial charge is 0.379 e. The minimum Gasteiger partial charge on any atom is -0.379 e. The Morgan fingerprint density at radius 3 is 2.68 bits per heavy atom. The Labute approximate surface area is 167 Å². The van der Waals surface area contributed by atoms with Crippen molar-refractivity contribution in [3.8, 4) is 0 Å². The molecule has 28 heavy (non-hydrogen) atoms. The quantitative estimate of drug-likeness (QED) is 0.706. The molecule has 0 aromatic carbocycles. The van der Waals surface area contributed by atoms with Crippen LogP contribution in [0.4, 0.5) is 0 Å². The van der Waals surface area contributed by atoms with Gasteiger partial charge in [0.25, 0.3) is 0 Å². The smallest absolute Gasteiger partial charge is 0.222 e. The van der Waals surface area contributed by atoms with E-state index >= 15 is 0 Å². The highest BCUT2D eigenvalue weighted by molar-refractivity contribution is 5.76. The Morgan fingerprint density at radius 1 is 1.04 bits per heavy atom. The fourth-order valence-electron chi connectivity index (χ4n) is 5.01. The van der Waals surface area contributed by atoms with Gasteiger partial charge in [0.2, 0.25) is 5.91 Å². The molecule has 8 heteroatoms. The third-order valence-corrected chi connectivity index (χ3v) is 6.73. The van der Waals surface area contributed by atoms with Gasteiger partial charge in [-0.25, -0.2) is 4.68 Å². The zero-order valence-electron chi connectivity index (χ0n) is 17.0. The van der Waals surface area contributed by atoms with Crippen LogP contribution in [0.3, 0.4) is 0 Å². The summed E-state index contributed by atoms with van der Waals surface area (Å²) in [7, 11) is 0. The summed E-state index contributed by atoms with van der Waals surface area (Å²) in [6.45, 7) is 6.77. The van der Waals surface area contributed by atoms with Gasteiger partial charge in [-0.2, -0.15) is 0 Å². The van der Waals surface area contributed by atoms with Crippen LogP contribution in [0.25, 0.3) is 0 Å². The van der Waals surface area contributed by atoms with Crippen LogP contribution < -0.4 is 0 Å². The Hall–Kier alpha value is -1.54. The van der Waals surface area contributed by atoms with E-state index in [1.54, 1.807) is 0 Å². The summed E-state index contributed by atoms with van der Waals surface area (Å²) in [6, 6.07) is 0. The fourth-order valence-corrected chi connectivity index (χ4v) is 5.01. The number of carbonyl (C=O) groups excluding carboxylic acids is 1. The fraction of sp³-hybridized carbons (Fsp3) is 0.900. The zero-order valence-corrected chi connectivity index (χ0v) is 17.0. The molecule has 2 aliphatic heterocycles. The molecule has 1 aromatic rings. The van der Waals surface area contributed by atoms with E-state index in [0.29, 0.717) is 18.9 Å². The average molecular weight is 391 g/mol. The van der Waals surface area contributed by atoms with Crippen LogP contribution in [0, 0.1) is 11.8 Å². The second-order valence-corrected chi connectivity index (χ2v) is 8.60. The van der Waals surface area contributed by atoms with Gasteiger partial charge in [0.05, 0.1) is 19.8 Å². The highest BCUT2D eigenvalue weighted by Crippen LogP contribution is 2.35. The van der Waals surface area contributed by atoms with E-state index < -0.39 is 0 Å².